The van der Waals surface area contributed by atoms with Gasteiger partial charge in [0.05, 0.1) is 13.2 Å². The largest absolute Gasteiger partial charge is 0.375 e. The van der Waals surface area contributed by atoms with Crippen molar-refractivity contribution in [3.8, 4) is 0 Å². The zero-order valence-corrected chi connectivity index (χ0v) is 13.6. The van der Waals surface area contributed by atoms with Gasteiger partial charge in [-0.1, -0.05) is 34.1 Å². The average Bonchev–Trinajstić information content (AvgIpc) is 2.39. The van der Waals surface area contributed by atoms with E-state index in [0.717, 1.165) is 10.0 Å². The first kappa shape index (κ1) is 15.7. The van der Waals surface area contributed by atoms with Gasteiger partial charge in [0.15, 0.2) is 0 Å². The summed E-state index contributed by atoms with van der Waals surface area (Å²) in [5, 5.41) is 3.15. The lowest BCUT2D eigenvalue weighted by molar-refractivity contribution is 0.114. The lowest BCUT2D eigenvalue weighted by atomic mass is 10.2. The van der Waals surface area contributed by atoms with E-state index in [9.17, 15) is 0 Å². The van der Waals surface area contributed by atoms with Crippen molar-refractivity contribution in [1.29, 1.82) is 0 Å². The minimum Gasteiger partial charge on any atom is -0.375 e. The van der Waals surface area contributed by atoms with Crippen molar-refractivity contribution in [2.45, 2.75) is 26.5 Å². The lowest BCUT2D eigenvalue weighted by Crippen LogP contribution is -2.23. The highest BCUT2D eigenvalue weighted by molar-refractivity contribution is 9.10. The molecule has 1 heterocycles. The molecular formula is C14H18BrN5O. The fourth-order valence-corrected chi connectivity index (χ4v) is 2.19. The molecule has 0 aliphatic heterocycles. The molecule has 0 aliphatic rings. The van der Waals surface area contributed by atoms with Crippen molar-refractivity contribution in [3.05, 3.63) is 40.1 Å². The van der Waals surface area contributed by atoms with Crippen molar-refractivity contribution in [2.75, 3.05) is 17.7 Å². The topological polar surface area (TPSA) is 86.0 Å². The Bertz CT molecular complexity index is 587. The zero-order valence-electron chi connectivity index (χ0n) is 12.0. The van der Waals surface area contributed by atoms with Gasteiger partial charge >= 0.3 is 0 Å². The van der Waals surface area contributed by atoms with Crippen LogP contribution in [0.15, 0.2) is 28.7 Å². The molecule has 7 heteroatoms. The second-order valence-electron chi connectivity index (χ2n) is 4.72. The number of hydrogen-bond acceptors (Lipinski definition) is 6. The summed E-state index contributed by atoms with van der Waals surface area (Å²) in [5.41, 5.74) is 6.70. The van der Waals surface area contributed by atoms with Gasteiger partial charge in [0.1, 0.15) is 5.82 Å². The number of aryl methyl sites for hydroxylation is 1. The first-order chi connectivity index (χ1) is 10.0. The molecule has 2 rings (SSSR count). The molecular weight excluding hydrogens is 334 g/mol. The first-order valence-corrected chi connectivity index (χ1v) is 7.39. The molecule has 112 valence electrons. The number of nitrogens with zero attached hydrogens (tertiary/aromatic N) is 3. The molecule has 1 aromatic heterocycles. The summed E-state index contributed by atoms with van der Waals surface area (Å²) in [6.07, 6.45) is 0. The molecule has 0 saturated carbocycles. The number of nitrogen functional groups attached to an aromatic ring is 1. The highest BCUT2D eigenvalue weighted by atomic mass is 79.9. The van der Waals surface area contributed by atoms with Crippen LogP contribution in [0.5, 0.6) is 0 Å². The molecule has 6 nitrogen and oxygen atoms in total. The molecule has 0 amide bonds. The van der Waals surface area contributed by atoms with Crippen molar-refractivity contribution < 1.29 is 4.74 Å². The molecule has 0 aliphatic carbocycles. The van der Waals surface area contributed by atoms with E-state index >= 15 is 0 Å². The second kappa shape index (κ2) is 7.33. The molecule has 2 aromatic rings. The van der Waals surface area contributed by atoms with Gasteiger partial charge in [-0.3, -0.25) is 0 Å². The van der Waals surface area contributed by atoms with Crippen LogP contribution in [0.25, 0.3) is 0 Å². The third kappa shape index (κ3) is 4.95. The van der Waals surface area contributed by atoms with E-state index in [0.29, 0.717) is 25.0 Å². The Labute approximate surface area is 132 Å². The summed E-state index contributed by atoms with van der Waals surface area (Å²) in [6, 6.07) is 8.05. The third-order valence-corrected chi connectivity index (χ3v) is 3.50. The number of anilines is 2. The zero-order chi connectivity index (χ0) is 15.2. The minimum absolute atomic E-state index is 0.0636. The first-order valence-electron chi connectivity index (χ1n) is 6.60. The molecule has 1 atom stereocenters. The maximum absolute atomic E-state index is 5.70. The number of halogens is 1. The standard InChI is InChI=1S/C14H18BrN5O/c1-9(17-14-19-10(2)18-13(16)20-14)7-21-8-11-5-3-4-6-12(11)15/h3-6,9H,7-8H2,1-2H3,(H3,16,17,18,19,20). The Morgan fingerprint density at radius 1 is 1.29 bits per heavy atom. The smallest absolute Gasteiger partial charge is 0.228 e. The van der Waals surface area contributed by atoms with Gasteiger partial charge in [0.25, 0.3) is 0 Å². The number of nitrogens with one attached hydrogen (secondary N) is 1. The fourth-order valence-electron chi connectivity index (χ4n) is 1.79. The quantitative estimate of drug-likeness (QED) is 0.831. The number of rotatable bonds is 6. The predicted octanol–water partition coefficient (Wildman–Crippen LogP) is 2.54. The molecule has 1 aromatic carbocycles. The van der Waals surface area contributed by atoms with Crippen molar-refractivity contribution in [1.82, 2.24) is 15.0 Å². The molecule has 3 N–H and O–H groups in total. The van der Waals surface area contributed by atoms with Gasteiger partial charge in [-0.05, 0) is 25.5 Å². The maximum atomic E-state index is 5.70. The van der Waals surface area contributed by atoms with E-state index < -0.39 is 0 Å². The Morgan fingerprint density at radius 3 is 2.76 bits per heavy atom. The molecule has 0 saturated heterocycles. The van der Waals surface area contributed by atoms with Crippen LogP contribution < -0.4 is 11.1 Å². The van der Waals surface area contributed by atoms with Crippen LogP contribution in [-0.2, 0) is 11.3 Å². The van der Waals surface area contributed by atoms with Gasteiger partial charge in [0.2, 0.25) is 11.9 Å². The van der Waals surface area contributed by atoms with Crippen LogP contribution >= 0.6 is 15.9 Å². The molecule has 21 heavy (non-hydrogen) atoms. The monoisotopic (exact) mass is 351 g/mol. The van der Waals surface area contributed by atoms with Gasteiger partial charge in [-0.15, -0.1) is 0 Å². The van der Waals surface area contributed by atoms with Gasteiger partial charge in [-0.2, -0.15) is 15.0 Å². The Kier molecular flexibility index (Phi) is 5.46. The normalized spacial score (nSPS) is 12.1. The van der Waals surface area contributed by atoms with Crippen LogP contribution in [0.3, 0.4) is 0 Å². The van der Waals surface area contributed by atoms with Crippen molar-refractivity contribution in [2.24, 2.45) is 0 Å². The summed E-state index contributed by atoms with van der Waals surface area (Å²) in [6.45, 7) is 4.85. The van der Waals surface area contributed by atoms with Crippen LogP contribution in [0.4, 0.5) is 11.9 Å². The van der Waals surface area contributed by atoms with Gasteiger partial charge in [-0.25, -0.2) is 0 Å². The minimum atomic E-state index is 0.0636. The van der Waals surface area contributed by atoms with Crippen LogP contribution in [0, 0.1) is 6.92 Å². The highest BCUT2D eigenvalue weighted by Crippen LogP contribution is 2.16. The van der Waals surface area contributed by atoms with E-state index in [1.54, 1.807) is 6.92 Å². The number of nitrogens with two attached hydrogens (primary N) is 1. The Balaban J connectivity index is 1.82. The predicted molar refractivity (Wildman–Crippen MR) is 85.9 cm³/mol. The fraction of sp³-hybridized carbons (Fsp3) is 0.357. The third-order valence-electron chi connectivity index (χ3n) is 2.72. The Morgan fingerprint density at radius 2 is 2.05 bits per heavy atom. The molecule has 0 spiro atoms. The number of hydrogen-bond donors (Lipinski definition) is 2. The highest BCUT2D eigenvalue weighted by Gasteiger charge is 2.07. The molecule has 1 unspecified atom stereocenters. The maximum Gasteiger partial charge on any atom is 0.228 e. The van der Waals surface area contributed by atoms with Crippen molar-refractivity contribution in [3.63, 3.8) is 0 Å². The summed E-state index contributed by atoms with van der Waals surface area (Å²) < 4.78 is 6.75. The molecule has 0 bridgehead atoms. The Hall–Kier alpha value is -1.73. The summed E-state index contributed by atoms with van der Waals surface area (Å²) in [7, 11) is 0. The summed E-state index contributed by atoms with van der Waals surface area (Å²) in [5.74, 6) is 1.27. The number of ether oxygens (including phenoxy) is 1. The lowest BCUT2D eigenvalue weighted by Gasteiger charge is -2.14. The number of aromatic nitrogens is 3. The molecule has 0 fully saturated rings. The van der Waals surface area contributed by atoms with Gasteiger partial charge in [0, 0.05) is 10.5 Å². The number of benzene rings is 1. The van der Waals surface area contributed by atoms with E-state index in [1.165, 1.54) is 0 Å². The summed E-state index contributed by atoms with van der Waals surface area (Å²) >= 11 is 3.50. The summed E-state index contributed by atoms with van der Waals surface area (Å²) in [4.78, 5) is 12.1. The van der Waals surface area contributed by atoms with E-state index in [4.69, 9.17) is 10.5 Å². The second-order valence-corrected chi connectivity index (χ2v) is 5.57. The SMILES string of the molecule is Cc1nc(N)nc(NC(C)COCc2ccccc2Br)n1. The average molecular weight is 352 g/mol. The van der Waals surface area contributed by atoms with Gasteiger partial charge < -0.3 is 15.8 Å². The van der Waals surface area contributed by atoms with Crippen molar-refractivity contribution >= 4 is 27.8 Å². The van der Waals surface area contributed by atoms with E-state index in [2.05, 4.69) is 36.2 Å². The molecule has 0 radical (unpaired) electrons. The van der Waals surface area contributed by atoms with Crippen LogP contribution in [-0.4, -0.2) is 27.6 Å². The van der Waals surface area contributed by atoms with E-state index in [-0.39, 0.29) is 12.0 Å². The van der Waals surface area contributed by atoms with Crippen LogP contribution in [0.1, 0.15) is 18.3 Å². The van der Waals surface area contributed by atoms with Crippen LogP contribution in [0.2, 0.25) is 0 Å². The van der Waals surface area contributed by atoms with E-state index in [1.807, 2.05) is 31.2 Å².